The molecule has 0 radical (unpaired) electrons. The molecule has 0 spiro atoms. The van der Waals surface area contributed by atoms with E-state index in [9.17, 15) is 0 Å². The van der Waals surface area contributed by atoms with Crippen molar-refractivity contribution in [3.05, 3.63) is 12.4 Å². The minimum absolute atomic E-state index is 0.488. The summed E-state index contributed by atoms with van der Waals surface area (Å²) in [5, 5.41) is 3.39. The molecule has 0 aromatic carbocycles. The van der Waals surface area contributed by atoms with Gasteiger partial charge >= 0.3 is 0 Å². The first-order chi connectivity index (χ1) is 7.81. The number of hydrogen-bond acceptors (Lipinski definition) is 5. The molecule has 5 heteroatoms. The van der Waals surface area contributed by atoms with Gasteiger partial charge in [-0.15, -0.1) is 0 Å². The molecule has 0 saturated carbocycles. The van der Waals surface area contributed by atoms with E-state index >= 15 is 0 Å². The lowest BCUT2D eigenvalue weighted by Gasteiger charge is -2.31. The van der Waals surface area contributed by atoms with Gasteiger partial charge in [0, 0.05) is 19.6 Å². The summed E-state index contributed by atoms with van der Waals surface area (Å²) in [6.45, 7) is 2.12. The van der Waals surface area contributed by atoms with Crippen molar-refractivity contribution < 1.29 is 4.74 Å². The van der Waals surface area contributed by atoms with Crippen LogP contribution in [0.5, 0.6) is 5.75 Å². The number of anilines is 1. The molecule has 1 unspecified atom stereocenters. The van der Waals surface area contributed by atoms with Crippen molar-refractivity contribution in [2.75, 3.05) is 32.1 Å². The quantitative estimate of drug-likeness (QED) is 0.814. The van der Waals surface area contributed by atoms with E-state index in [2.05, 4.69) is 20.2 Å². The van der Waals surface area contributed by atoms with E-state index in [0.717, 1.165) is 19.0 Å². The van der Waals surface area contributed by atoms with E-state index in [1.165, 1.54) is 12.8 Å². The maximum atomic E-state index is 5.04. The Labute approximate surface area is 95.8 Å². The molecular formula is C11H18N4O. The van der Waals surface area contributed by atoms with E-state index in [-0.39, 0.29) is 0 Å². The summed E-state index contributed by atoms with van der Waals surface area (Å²) in [4.78, 5) is 10.7. The predicted octanol–water partition coefficient (Wildman–Crippen LogP) is 0.673. The van der Waals surface area contributed by atoms with Crippen LogP contribution in [0.2, 0.25) is 0 Å². The van der Waals surface area contributed by atoms with Crippen LogP contribution in [0.4, 0.5) is 5.95 Å². The van der Waals surface area contributed by atoms with Crippen LogP contribution in [0.25, 0.3) is 0 Å². The summed E-state index contributed by atoms with van der Waals surface area (Å²) in [7, 11) is 3.66. The largest absolute Gasteiger partial charge is 0.494 e. The smallest absolute Gasteiger partial charge is 0.225 e. The molecule has 1 saturated heterocycles. The first-order valence-electron chi connectivity index (χ1n) is 5.61. The Balaban J connectivity index is 2.04. The van der Waals surface area contributed by atoms with Crippen molar-refractivity contribution in [1.82, 2.24) is 15.3 Å². The summed E-state index contributed by atoms with van der Waals surface area (Å²) in [6, 6.07) is 0.488. The van der Waals surface area contributed by atoms with E-state index < -0.39 is 0 Å². The third-order valence-corrected chi connectivity index (χ3v) is 2.98. The molecule has 16 heavy (non-hydrogen) atoms. The van der Waals surface area contributed by atoms with Gasteiger partial charge in [0.25, 0.3) is 0 Å². The highest BCUT2D eigenvalue weighted by atomic mass is 16.5. The summed E-state index contributed by atoms with van der Waals surface area (Å²) in [5.74, 6) is 1.45. The molecule has 2 heterocycles. The van der Waals surface area contributed by atoms with Gasteiger partial charge in [0.05, 0.1) is 19.5 Å². The molecule has 0 aliphatic carbocycles. The van der Waals surface area contributed by atoms with E-state index in [0.29, 0.717) is 11.8 Å². The van der Waals surface area contributed by atoms with Gasteiger partial charge in [0.15, 0.2) is 5.75 Å². The van der Waals surface area contributed by atoms with Crippen molar-refractivity contribution in [2.24, 2.45) is 0 Å². The number of ether oxygens (including phenoxy) is 1. The summed E-state index contributed by atoms with van der Waals surface area (Å²) >= 11 is 0. The van der Waals surface area contributed by atoms with Crippen molar-refractivity contribution in [2.45, 2.75) is 18.9 Å². The maximum absolute atomic E-state index is 5.04. The lowest BCUT2D eigenvalue weighted by Crippen LogP contribution is -2.44. The lowest BCUT2D eigenvalue weighted by atomic mass is 10.1. The lowest BCUT2D eigenvalue weighted by molar-refractivity contribution is 0.409. The van der Waals surface area contributed by atoms with Crippen LogP contribution in [0.1, 0.15) is 12.8 Å². The van der Waals surface area contributed by atoms with Crippen LogP contribution >= 0.6 is 0 Å². The number of nitrogens with zero attached hydrogens (tertiary/aromatic N) is 3. The second-order valence-electron chi connectivity index (χ2n) is 4.03. The van der Waals surface area contributed by atoms with Crippen molar-refractivity contribution in [3.63, 3.8) is 0 Å². The molecule has 1 N–H and O–H groups in total. The van der Waals surface area contributed by atoms with Crippen molar-refractivity contribution in [1.29, 1.82) is 0 Å². The van der Waals surface area contributed by atoms with Gasteiger partial charge in [0.1, 0.15) is 0 Å². The molecule has 0 bridgehead atoms. The Kier molecular flexibility index (Phi) is 3.56. The first-order valence-corrected chi connectivity index (χ1v) is 5.61. The highest BCUT2D eigenvalue weighted by molar-refractivity contribution is 5.32. The second-order valence-corrected chi connectivity index (χ2v) is 4.03. The van der Waals surface area contributed by atoms with Gasteiger partial charge in [-0.3, -0.25) is 0 Å². The summed E-state index contributed by atoms with van der Waals surface area (Å²) in [6.07, 6.45) is 5.81. The number of methoxy groups -OCH3 is 1. The molecule has 0 amide bonds. The molecule has 1 aromatic rings. The summed E-state index contributed by atoms with van der Waals surface area (Å²) in [5.41, 5.74) is 0. The van der Waals surface area contributed by atoms with Gasteiger partial charge in [-0.25, -0.2) is 9.97 Å². The average Bonchev–Trinajstić information content (AvgIpc) is 2.39. The van der Waals surface area contributed by atoms with E-state index in [4.69, 9.17) is 4.74 Å². The predicted molar refractivity (Wildman–Crippen MR) is 62.9 cm³/mol. The number of aromatic nitrogens is 2. The Morgan fingerprint density at radius 2 is 2.19 bits per heavy atom. The molecule has 1 atom stereocenters. The zero-order chi connectivity index (χ0) is 11.4. The molecule has 1 fully saturated rings. The van der Waals surface area contributed by atoms with E-state index in [1.807, 2.05) is 7.05 Å². The third kappa shape index (κ3) is 2.41. The molecule has 1 aromatic heterocycles. The zero-order valence-corrected chi connectivity index (χ0v) is 9.81. The fourth-order valence-electron chi connectivity index (χ4n) is 1.92. The minimum Gasteiger partial charge on any atom is -0.494 e. The van der Waals surface area contributed by atoms with Crippen LogP contribution in [0.15, 0.2) is 12.4 Å². The molecule has 1 aliphatic rings. The van der Waals surface area contributed by atoms with Crippen molar-refractivity contribution >= 4 is 5.95 Å². The number of piperidine rings is 1. The van der Waals surface area contributed by atoms with Gasteiger partial charge in [-0.05, 0) is 19.4 Å². The van der Waals surface area contributed by atoms with Crippen LogP contribution in [-0.2, 0) is 0 Å². The maximum Gasteiger partial charge on any atom is 0.225 e. The zero-order valence-electron chi connectivity index (χ0n) is 9.81. The van der Waals surface area contributed by atoms with Crippen LogP contribution < -0.4 is 15.0 Å². The monoisotopic (exact) mass is 222 g/mol. The van der Waals surface area contributed by atoms with Gasteiger partial charge in [-0.1, -0.05) is 0 Å². The molecule has 1 aliphatic heterocycles. The number of hydrogen-bond donors (Lipinski definition) is 1. The fourth-order valence-corrected chi connectivity index (χ4v) is 1.92. The Bertz CT molecular complexity index is 321. The topological polar surface area (TPSA) is 50.3 Å². The van der Waals surface area contributed by atoms with Crippen molar-refractivity contribution in [3.8, 4) is 5.75 Å². The highest BCUT2D eigenvalue weighted by Gasteiger charge is 2.19. The number of likely N-dealkylation sites (N-methyl/N-ethyl adjacent to an activating group) is 1. The standard InChI is InChI=1S/C11H18N4O/c1-15(9-4-3-5-12-6-9)11-13-7-10(16-2)8-14-11/h7-9,12H,3-6H2,1-2H3. The van der Waals surface area contributed by atoms with Gasteiger partial charge in [-0.2, -0.15) is 0 Å². The first kappa shape index (κ1) is 11.1. The van der Waals surface area contributed by atoms with Crippen LogP contribution in [0, 0.1) is 0 Å². The molecule has 88 valence electrons. The molecule has 5 nitrogen and oxygen atoms in total. The summed E-state index contributed by atoms with van der Waals surface area (Å²) < 4.78 is 5.04. The molecule has 2 rings (SSSR count). The Hall–Kier alpha value is -1.36. The average molecular weight is 222 g/mol. The van der Waals surface area contributed by atoms with Gasteiger partial charge < -0.3 is 15.0 Å². The normalized spacial score (nSPS) is 20.5. The second kappa shape index (κ2) is 5.12. The SMILES string of the molecule is COc1cnc(N(C)C2CCCNC2)nc1. The third-order valence-electron chi connectivity index (χ3n) is 2.98. The molecular weight excluding hydrogens is 204 g/mol. The minimum atomic E-state index is 0.488. The highest BCUT2D eigenvalue weighted by Crippen LogP contribution is 2.16. The fraction of sp³-hybridized carbons (Fsp3) is 0.636. The number of nitrogens with one attached hydrogen (secondary N) is 1. The van der Waals surface area contributed by atoms with E-state index in [1.54, 1.807) is 19.5 Å². The van der Waals surface area contributed by atoms with Crippen LogP contribution in [0.3, 0.4) is 0 Å². The Morgan fingerprint density at radius 1 is 1.44 bits per heavy atom. The van der Waals surface area contributed by atoms with Gasteiger partial charge in [0.2, 0.25) is 5.95 Å². The Morgan fingerprint density at radius 3 is 2.75 bits per heavy atom. The van der Waals surface area contributed by atoms with Crippen LogP contribution in [-0.4, -0.2) is 43.3 Å². The number of rotatable bonds is 3.